The van der Waals surface area contributed by atoms with Crippen LogP contribution in [0, 0.1) is 0 Å². The zero-order valence-electron chi connectivity index (χ0n) is 4.76. The van der Waals surface area contributed by atoms with Gasteiger partial charge in [0.1, 0.15) is 0 Å². The molecule has 0 aromatic rings. The molecule has 0 saturated heterocycles. The topological polar surface area (TPSA) is 66.2 Å². The van der Waals surface area contributed by atoms with Crippen LogP contribution in [-0.2, 0) is 5.11 Å². The number of carbonyl (C=O) groups is 1. The van der Waals surface area contributed by atoms with Crippen molar-refractivity contribution in [2.75, 3.05) is 20.2 Å². The Morgan fingerprint density at radius 1 is 1.75 bits per heavy atom. The van der Waals surface area contributed by atoms with Crippen LogP contribution in [0.25, 0.3) is 0 Å². The number of hydrogen-bond acceptors (Lipinski definition) is 1. The molecule has 8 heavy (non-hydrogen) atoms. The standard InChI is InChI=1S/C4H9N2O2/c1-6(2-3-7)4(5)8/h2-3H2,1H3,(H2,5,8). The Morgan fingerprint density at radius 3 is 2.38 bits per heavy atom. The third-order valence-corrected chi connectivity index (χ3v) is 0.803. The van der Waals surface area contributed by atoms with Crippen molar-refractivity contribution >= 4 is 6.03 Å². The number of nitrogens with zero attached hydrogens (tertiary/aromatic N) is 1. The van der Waals surface area contributed by atoms with Crippen molar-refractivity contribution in [3.05, 3.63) is 0 Å². The minimum Gasteiger partial charge on any atom is -0.351 e. The third-order valence-electron chi connectivity index (χ3n) is 0.803. The smallest absolute Gasteiger partial charge is 0.314 e. The first-order chi connectivity index (χ1) is 3.68. The van der Waals surface area contributed by atoms with E-state index in [0.29, 0.717) is 0 Å². The molecule has 0 aliphatic rings. The molecule has 4 nitrogen and oxygen atoms in total. The van der Waals surface area contributed by atoms with Gasteiger partial charge < -0.3 is 10.6 Å². The molecule has 0 aromatic heterocycles. The molecule has 1 radical (unpaired) electrons. The molecule has 4 heteroatoms. The van der Waals surface area contributed by atoms with Gasteiger partial charge in [-0.3, -0.25) is 0 Å². The summed E-state index contributed by atoms with van der Waals surface area (Å²) in [5.74, 6) is 0. The van der Waals surface area contributed by atoms with Gasteiger partial charge in [0.25, 0.3) is 0 Å². The highest BCUT2D eigenvalue weighted by Crippen LogP contribution is 1.76. The van der Waals surface area contributed by atoms with Gasteiger partial charge in [0.15, 0.2) is 0 Å². The molecule has 0 aromatic carbocycles. The molecule has 0 heterocycles. The van der Waals surface area contributed by atoms with Gasteiger partial charge in [-0.05, 0) is 0 Å². The summed E-state index contributed by atoms with van der Waals surface area (Å²) >= 11 is 0. The summed E-state index contributed by atoms with van der Waals surface area (Å²) in [7, 11) is 1.49. The van der Waals surface area contributed by atoms with E-state index in [0.717, 1.165) is 0 Å². The summed E-state index contributed by atoms with van der Waals surface area (Å²) in [5.41, 5.74) is 4.77. The van der Waals surface area contributed by atoms with Crippen molar-refractivity contribution in [1.82, 2.24) is 4.90 Å². The van der Waals surface area contributed by atoms with Gasteiger partial charge in [-0.2, -0.15) is 0 Å². The quantitative estimate of drug-likeness (QED) is 0.517. The Hall–Kier alpha value is -0.770. The summed E-state index contributed by atoms with van der Waals surface area (Å²) in [6, 6.07) is -0.555. The summed E-state index contributed by atoms with van der Waals surface area (Å²) < 4.78 is 0. The van der Waals surface area contributed by atoms with E-state index < -0.39 is 6.03 Å². The maximum atomic E-state index is 10.1. The molecule has 2 N–H and O–H groups in total. The van der Waals surface area contributed by atoms with Crippen molar-refractivity contribution in [1.29, 1.82) is 0 Å². The van der Waals surface area contributed by atoms with Crippen LogP contribution in [0.4, 0.5) is 4.79 Å². The van der Waals surface area contributed by atoms with Gasteiger partial charge in [-0.25, -0.2) is 9.90 Å². The molecular weight excluding hydrogens is 108 g/mol. The molecule has 0 bridgehead atoms. The predicted octanol–water partition coefficient (Wildman–Crippen LogP) is -0.573. The Balaban J connectivity index is 3.32. The van der Waals surface area contributed by atoms with E-state index in [-0.39, 0.29) is 13.2 Å². The first-order valence-corrected chi connectivity index (χ1v) is 2.27. The number of carbonyl (C=O) groups excluding carboxylic acids is 1. The zero-order valence-corrected chi connectivity index (χ0v) is 4.76. The summed E-state index contributed by atoms with van der Waals surface area (Å²) in [6.07, 6.45) is 0. The fourth-order valence-electron chi connectivity index (χ4n) is 0.247. The second-order valence-corrected chi connectivity index (χ2v) is 1.46. The number of nitrogens with two attached hydrogens (primary N) is 1. The molecule has 0 saturated carbocycles. The van der Waals surface area contributed by atoms with Crippen LogP contribution >= 0.6 is 0 Å². The molecule has 0 atom stereocenters. The molecule has 0 rings (SSSR count). The first-order valence-electron chi connectivity index (χ1n) is 2.27. The van der Waals surface area contributed by atoms with E-state index in [2.05, 4.69) is 0 Å². The molecule has 0 spiro atoms. The number of urea groups is 1. The number of likely N-dealkylation sites (N-methyl/N-ethyl adjacent to an activating group) is 1. The molecular formula is C4H9N2O2. The van der Waals surface area contributed by atoms with Crippen LogP contribution in [0.3, 0.4) is 0 Å². The minimum atomic E-state index is -0.555. The van der Waals surface area contributed by atoms with Crippen LogP contribution in [0.1, 0.15) is 0 Å². The van der Waals surface area contributed by atoms with E-state index in [9.17, 15) is 9.90 Å². The molecule has 0 unspecified atom stereocenters. The average Bonchev–Trinajstić information content (AvgIpc) is 1.67. The van der Waals surface area contributed by atoms with E-state index >= 15 is 0 Å². The highest BCUT2D eigenvalue weighted by atomic mass is 16.3. The minimum absolute atomic E-state index is 0.190. The Bertz CT molecular complexity index is 84.1. The van der Waals surface area contributed by atoms with Crippen LogP contribution in [-0.4, -0.2) is 31.1 Å². The molecule has 0 aliphatic heterocycles. The highest BCUT2D eigenvalue weighted by molar-refractivity contribution is 5.71. The van der Waals surface area contributed by atoms with Crippen LogP contribution < -0.4 is 5.73 Å². The maximum absolute atomic E-state index is 10.1. The summed E-state index contributed by atoms with van der Waals surface area (Å²) in [4.78, 5) is 11.3. The zero-order chi connectivity index (χ0) is 6.57. The lowest BCUT2D eigenvalue weighted by molar-refractivity contribution is 0.157. The summed E-state index contributed by atoms with van der Waals surface area (Å²) in [5, 5.41) is 9.80. The van der Waals surface area contributed by atoms with Gasteiger partial charge in [-0.15, -0.1) is 0 Å². The van der Waals surface area contributed by atoms with E-state index in [1.165, 1.54) is 11.9 Å². The number of rotatable bonds is 2. The van der Waals surface area contributed by atoms with Crippen molar-refractivity contribution in [2.24, 2.45) is 5.73 Å². The van der Waals surface area contributed by atoms with Crippen molar-refractivity contribution < 1.29 is 9.90 Å². The van der Waals surface area contributed by atoms with E-state index in [1.807, 2.05) is 0 Å². The van der Waals surface area contributed by atoms with Gasteiger partial charge in [-0.1, -0.05) is 0 Å². The fraction of sp³-hybridized carbons (Fsp3) is 0.750. The lowest BCUT2D eigenvalue weighted by Gasteiger charge is -2.09. The molecule has 0 aliphatic carbocycles. The Kier molecular flexibility index (Phi) is 2.95. The van der Waals surface area contributed by atoms with Crippen molar-refractivity contribution in [3.63, 3.8) is 0 Å². The number of hydrogen-bond donors (Lipinski definition) is 1. The fourth-order valence-corrected chi connectivity index (χ4v) is 0.247. The largest absolute Gasteiger partial charge is 0.351 e. The first kappa shape index (κ1) is 7.23. The second-order valence-electron chi connectivity index (χ2n) is 1.46. The van der Waals surface area contributed by atoms with Crippen molar-refractivity contribution in [2.45, 2.75) is 0 Å². The van der Waals surface area contributed by atoms with Gasteiger partial charge in [0, 0.05) is 13.6 Å². The Morgan fingerprint density at radius 2 is 2.25 bits per heavy atom. The predicted molar refractivity (Wildman–Crippen MR) is 27.8 cm³/mol. The number of amides is 2. The highest BCUT2D eigenvalue weighted by Gasteiger charge is 1.98. The van der Waals surface area contributed by atoms with Crippen LogP contribution in [0.5, 0.6) is 0 Å². The lowest BCUT2D eigenvalue weighted by Crippen LogP contribution is -2.33. The average molecular weight is 117 g/mol. The lowest BCUT2D eigenvalue weighted by atomic mass is 10.6. The third kappa shape index (κ3) is 2.41. The molecule has 47 valence electrons. The van der Waals surface area contributed by atoms with E-state index in [1.54, 1.807) is 0 Å². The second kappa shape index (κ2) is 3.26. The van der Waals surface area contributed by atoms with E-state index in [4.69, 9.17) is 5.73 Å². The molecule has 2 amide bonds. The monoisotopic (exact) mass is 117 g/mol. The van der Waals surface area contributed by atoms with Gasteiger partial charge in [0.2, 0.25) is 0 Å². The Labute approximate surface area is 47.9 Å². The summed E-state index contributed by atoms with van der Waals surface area (Å²) in [6.45, 7) is -0.102. The SMILES string of the molecule is CN(CC[O])C(N)=O. The maximum Gasteiger partial charge on any atom is 0.314 e. The van der Waals surface area contributed by atoms with Crippen LogP contribution in [0.2, 0.25) is 0 Å². The normalized spacial score (nSPS) is 8.75. The van der Waals surface area contributed by atoms with Crippen molar-refractivity contribution in [3.8, 4) is 0 Å². The number of primary amides is 1. The van der Waals surface area contributed by atoms with Gasteiger partial charge >= 0.3 is 6.03 Å². The molecule has 0 fully saturated rings. The van der Waals surface area contributed by atoms with Gasteiger partial charge in [0.05, 0.1) is 6.61 Å². The van der Waals surface area contributed by atoms with Crippen LogP contribution in [0.15, 0.2) is 0 Å².